The van der Waals surface area contributed by atoms with E-state index in [2.05, 4.69) is 25.2 Å². The SMILES string of the molecule is CCC(C)C(O)CNC1CCCOc2ccccc21. The molecule has 0 bridgehead atoms. The average Bonchev–Trinajstić information content (AvgIpc) is 2.66. The highest BCUT2D eigenvalue weighted by Gasteiger charge is 2.20. The van der Waals surface area contributed by atoms with E-state index in [9.17, 15) is 5.11 Å². The molecule has 106 valence electrons. The van der Waals surface area contributed by atoms with Gasteiger partial charge in [-0.1, -0.05) is 38.5 Å². The van der Waals surface area contributed by atoms with Crippen molar-refractivity contribution in [1.29, 1.82) is 0 Å². The summed E-state index contributed by atoms with van der Waals surface area (Å²) in [5.41, 5.74) is 1.22. The molecule has 0 amide bonds. The van der Waals surface area contributed by atoms with E-state index in [1.807, 2.05) is 18.2 Å². The number of ether oxygens (including phenoxy) is 1. The molecule has 3 atom stereocenters. The van der Waals surface area contributed by atoms with Crippen LogP contribution in [-0.2, 0) is 0 Å². The van der Waals surface area contributed by atoms with E-state index < -0.39 is 0 Å². The van der Waals surface area contributed by atoms with Gasteiger partial charge in [0.2, 0.25) is 0 Å². The van der Waals surface area contributed by atoms with Gasteiger partial charge in [0.1, 0.15) is 5.75 Å². The molecule has 1 heterocycles. The normalized spacial score (nSPS) is 21.9. The third kappa shape index (κ3) is 3.71. The van der Waals surface area contributed by atoms with Crippen LogP contribution in [0.1, 0.15) is 44.7 Å². The van der Waals surface area contributed by atoms with Crippen LogP contribution in [0.4, 0.5) is 0 Å². The van der Waals surface area contributed by atoms with Gasteiger partial charge < -0.3 is 15.2 Å². The first-order valence-corrected chi connectivity index (χ1v) is 7.35. The lowest BCUT2D eigenvalue weighted by Gasteiger charge is -2.23. The topological polar surface area (TPSA) is 41.5 Å². The van der Waals surface area contributed by atoms with Crippen molar-refractivity contribution in [3.63, 3.8) is 0 Å². The summed E-state index contributed by atoms with van der Waals surface area (Å²) < 4.78 is 5.75. The molecular weight excluding hydrogens is 238 g/mol. The fourth-order valence-electron chi connectivity index (χ4n) is 2.47. The number of hydrogen-bond acceptors (Lipinski definition) is 3. The zero-order valence-electron chi connectivity index (χ0n) is 11.9. The lowest BCUT2D eigenvalue weighted by atomic mass is 9.99. The van der Waals surface area contributed by atoms with E-state index in [-0.39, 0.29) is 12.1 Å². The molecule has 1 aromatic rings. The van der Waals surface area contributed by atoms with Crippen molar-refractivity contribution in [2.75, 3.05) is 13.2 Å². The van der Waals surface area contributed by atoms with Gasteiger partial charge in [0.25, 0.3) is 0 Å². The van der Waals surface area contributed by atoms with Gasteiger partial charge in [-0.3, -0.25) is 0 Å². The zero-order chi connectivity index (χ0) is 13.7. The smallest absolute Gasteiger partial charge is 0.124 e. The molecule has 0 saturated heterocycles. The van der Waals surface area contributed by atoms with Crippen molar-refractivity contribution in [3.05, 3.63) is 29.8 Å². The summed E-state index contributed by atoms with van der Waals surface area (Å²) in [6.45, 7) is 5.64. The molecule has 19 heavy (non-hydrogen) atoms. The summed E-state index contributed by atoms with van der Waals surface area (Å²) >= 11 is 0. The molecule has 1 aromatic carbocycles. The van der Waals surface area contributed by atoms with Crippen LogP contribution in [0.2, 0.25) is 0 Å². The third-order valence-electron chi connectivity index (χ3n) is 4.06. The van der Waals surface area contributed by atoms with Crippen LogP contribution in [0.5, 0.6) is 5.75 Å². The fourth-order valence-corrected chi connectivity index (χ4v) is 2.47. The van der Waals surface area contributed by atoms with Gasteiger partial charge in [-0.05, 0) is 24.8 Å². The highest BCUT2D eigenvalue weighted by atomic mass is 16.5. The Morgan fingerprint density at radius 1 is 1.42 bits per heavy atom. The number of benzene rings is 1. The average molecular weight is 263 g/mol. The van der Waals surface area contributed by atoms with Crippen molar-refractivity contribution >= 4 is 0 Å². The van der Waals surface area contributed by atoms with E-state index in [1.165, 1.54) is 5.56 Å². The Balaban J connectivity index is 2.00. The van der Waals surface area contributed by atoms with E-state index in [0.29, 0.717) is 12.5 Å². The first-order valence-electron chi connectivity index (χ1n) is 7.35. The summed E-state index contributed by atoms with van der Waals surface area (Å²) in [6.07, 6.45) is 2.84. The van der Waals surface area contributed by atoms with Crippen LogP contribution >= 0.6 is 0 Å². The van der Waals surface area contributed by atoms with E-state index in [0.717, 1.165) is 31.6 Å². The minimum atomic E-state index is -0.277. The first kappa shape index (κ1) is 14.4. The largest absolute Gasteiger partial charge is 0.493 e. The Hall–Kier alpha value is -1.06. The summed E-state index contributed by atoms with van der Waals surface area (Å²) in [5, 5.41) is 13.6. The molecular formula is C16H25NO2. The molecule has 0 aromatic heterocycles. The third-order valence-corrected chi connectivity index (χ3v) is 4.06. The standard InChI is InChI=1S/C16H25NO2/c1-3-12(2)15(18)11-17-14-8-6-10-19-16-9-5-4-7-13(14)16/h4-5,7,9,12,14-15,17-18H,3,6,8,10-11H2,1-2H3. The second-order valence-corrected chi connectivity index (χ2v) is 5.44. The molecule has 3 heteroatoms. The van der Waals surface area contributed by atoms with E-state index >= 15 is 0 Å². The van der Waals surface area contributed by atoms with E-state index in [4.69, 9.17) is 4.74 Å². The van der Waals surface area contributed by atoms with Gasteiger partial charge in [0.05, 0.1) is 12.7 Å². The maximum Gasteiger partial charge on any atom is 0.124 e. The van der Waals surface area contributed by atoms with Gasteiger partial charge in [-0.2, -0.15) is 0 Å². The maximum absolute atomic E-state index is 10.1. The summed E-state index contributed by atoms with van der Waals surface area (Å²) in [7, 11) is 0. The minimum absolute atomic E-state index is 0.277. The summed E-state index contributed by atoms with van der Waals surface area (Å²) in [4.78, 5) is 0. The van der Waals surface area contributed by atoms with Crippen molar-refractivity contribution in [2.24, 2.45) is 5.92 Å². The molecule has 1 aliphatic rings. The molecule has 2 N–H and O–H groups in total. The zero-order valence-corrected chi connectivity index (χ0v) is 11.9. The predicted octanol–water partition coefficient (Wildman–Crippen LogP) is 2.90. The van der Waals surface area contributed by atoms with Gasteiger partial charge in [-0.15, -0.1) is 0 Å². The Morgan fingerprint density at radius 3 is 3.00 bits per heavy atom. The fraction of sp³-hybridized carbons (Fsp3) is 0.625. The lowest BCUT2D eigenvalue weighted by molar-refractivity contribution is 0.109. The van der Waals surface area contributed by atoms with Crippen molar-refractivity contribution < 1.29 is 9.84 Å². The van der Waals surface area contributed by atoms with Gasteiger partial charge >= 0.3 is 0 Å². The van der Waals surface area contributed by atoms with Crippen LogP contribution in [0, 0.1) is 5.92 Å². The lowest BCUT2D eigenvalue weighted by Crippen LogP contribution is -2.33. The van der Waals surface area contributed by atoms with Crippen LogP contribution in [0.25, 0.3) is 0 Å². The molecule has 0 fully saturated rings. The Kier molecular flexibility index (Phi) is 5.23. The number of hydrogen-bond donors (Lipinski definition) is 2. The molecule has 0 saturated carbocycles. The second-order valence-electron chi connectivity index (χ2n) is 5.44. The van der Waals surface area contributed by atoms with Crippen molar-refractivity contribution in [2.45, 2.75) is 45.3 Å². The molecule has 1 aliphatic heterocycles. The highest BCUT2D eigenvalue weighted by Crippen LogP contribution is 2.31. The van der Waals surface area contributed by atoms with Gasteiger partial charge in [-0.25, -0.2) is 0 Å². The molecule has 2 rings (SSSR count). The highest BCUT2D eigenvalue weighted by molar-refractivity contribution is 5.36. The monoisotopic (exact) mass is 263 g/mol. The number of aliphatic hydroxyl groups excluding tert-OH is 1. The Bertz CT molecular complexity index is 394. The molecule has 0 aliphatic carbocycles. The van der Waals surface area contributed by atoms with Crippen LogP contribution in [-0.4, -0.2) is 24.4 Å². The summed E-state index contributed by atoms with van der Waals surface area (Å²) in [6, 6.07) is 8.49. The van der Waals surface area contributed by atoms with E-state index in [1.54, 1.807) is 0 Å². The number of aliphatic hydroxyl groups is 1. The number of para-hydroxylation sites is 1. The maximum atomic E-state index is 10.1. The van der Waals surface area contributed by atoms with Gasteiger partial charge in [0, 0.05) is 18.2 Å². The Labute approximate surface area is 116 Å². The van der Waals surface area contributed by atoms with Crippen LogP contribution < -0.4 is 10.1 Å². The molecule has 0 radical (unpaired) electrons. The summed E-state index contributed by atoms with van der Waals surface area (Å²) in [5.74, 6) is 1.32. The van der Waals surface area contributed by atoms with Crippen LogP contribution in [0.3, 0.4) is 0 Å². The van der Waals surface area contributed by atoms with Crippen molar-refractivity contribution in [1.82, 2.24) is 5.32 Å². The quantitative estimate of drug-likeness (QED) is 0.858. The molecule has 0 spiro atoms. The molecule has 3 nitrogen and oxygen atoms in total. The number of rotatable bonds is 5. The first-order chi connectivity index (χ1) is 9.22. The Morgan fingerprint density at radius 2 is 2.21 bits per heavy atom. The second kappa shape index (κ2) is 6.92. The van der Waals surface area contributed by atoms with Gasteiger partial charge in [0.15, 0.2) is 0 Å². The predicted molar refractivity (Wildman–Crippen MR) is 77.4 cm³/mol. The van der Waals surface area contributed by atoms with Crippen molar-refractivity contribution in [3.8, 4) is 5.75 Å². The number of nitrogens with one attached hydrogen (secondary N) is 1. The number of fused-ring (bicyclic) bond motifs is 1. The molecule has 3 unspecified atom stereocenters. The minimum Gasteiger partial charge on any atom is -0.493 e. The van der Waals surface area contributed by atoms with Crippen LogP contribution in [0.15, 0.2) is 24.3 Å².